The fourth-order valence-corrected chi connectivity index (χ4v) is 2.57. The molecule has 4 heteroatoms. The van der Waals surface area contributed by atoms with Crippen LogP contribution in [-0.2, 0) is 6.54 Å². The van der Waals surface area contributed by atoms with E-state index >= 15 is 0 Å². The summed E-state index contributed by atoms with van der Waals surface area (Å²) in [5.41, 5.74) is 0.969. The minimum Gasteiger partial charge on any atom is -0.478 e. The number of fused-ring (bicyclic) bond motifs is 1. The molecule has 0 spiro atoms. The lowest BCUT2D eigenvalue weighted by Crippen LogP contribution is -2.25. The van der Waals surface area contributed by atoms with E-state index in [2.05, 4.69) is 11.8 Å². The number of furan rings is 1. The van der Waals surface area contributed by atoms with Crippen LogP contribution in [0.2, 0.25) is 0 Å². The van der Waals surface area contributed by atoms with Crippen LogP contribution in [-0.4, -0.2) is 28.6 Å². The molecule has 1 saturated carbocycles. The molecular weight excluding hydrogens is 242 g/mol. The van der Waals surface area contributed by atoms with Gasteiger partial charge in [-0.15, -0.1) is 0 Å². The minimum absolute atomic E-state index is 0.315. The van der Waals surface area contributed by atoms with Gasteiger partial charge < -0.3 is 9.52 Å². The van der Waals surface area contributed by atoms with Crippen molar-refractivity contribution in [2.45, 2.75) is 32.4 Å². The second kappa shape index (κ2) is 4.70. The SMILES string of the molecule is CCN(Cc1oc2ccccc2c1C(=O)O)C1CC1. The van der Waals surface area contributed by atoms with Crippen LogP contribution in [0.25, 0.3) is 11.0 Å². The fraction of sp³-hybridized carbons (Fsp3) is 0.400. The predicted octanol–water partition coefficient (Wildman–Crippen LogP) is 3.12. The summed E-state index contributed by atoms with van der Waals surface area (Å²) in [4.78, 5) is 13.8. The fourth-order valence-electron chi connectivity index (χ4n) is 2.57. The Hall–Kier alpha value is -1.81. The molecule has 1 fully saturated rings. The Bertz CT molecular complexity index is 613. The molecule has 0 unspecified atom stereocenters. The van der Waals surface area contributed by atoms with Gasteiger partial charge in [-0.05, 0) is 25.5 Å². The maximum atomic E-state index is 11.5. The zero-order valence-corrected chi connectivity index (χ0v) is 10.9. The maximum absolute atomic E-state index is 11.5. The summed E-state index contributed by atoms with van der Waals surface area (Å²) in [6.07, 6.45) is 2.41. The van der Waals surface area contributed by atoms with Gasteiger partial charge >= 0.3 is 5.97 Å². The number of para-hydroxylation sites is 1. The van der Waals surface area contributed by atoms with Gasteiger partial charge in [-0.25, -0.2) is 4.79 Å². The van der Waals surface area contributed by atoms with Crippen molar-refractivity contribution in [1.29, 1.82) is 0 Å². The Balaban J connectivity index is 2.01. The summed E-state index contributed by atoms with van der Waals surface area (Å²) < 4.78 is 5.75. The monoisotopic (exact) mass is 259 g/mol. The Morgan fingerprint density at radius 1 is 1.42 bits per heavy atom. The van der Waals surface area contributed by atoms with E-state index < -0.39 is 5.97 Å². The molecule has 1 aliphatic rings. The topological polar surface area (TPSA) is 53.7 Å². The molecule has 1 aromatic carbocycles. The number of aromatic carboxylic acids is 1. The van der Waals surface area contributed by atoms with Gasteiger partial charge in [-0.2, -0.15) is 0 Å². The number of carbonyl (C=O) groups is 1. The van der Waals surface area contributed by atoms with E-state index in [0.717, 1.165) is 6.54 Å². The highest BCUT2D eigenvalue weighted by Gasteiger charge is 2.30. The molecule has 0 amide bonds. The summed E-state index contributed by atoms with van der Waals surface area (Å²) in [5, 5.41) is 10.1. The Kier molecular flexibility index (Phi) is 3.03. The third kappa shape index (κ3) is 2.24. The minimum atomic E-state index is -0.910. The van der Waals surface area contributed by atoms with Gasteiger partial charge in [0, 0.05) is 11.4 Å². The molecule has 0 bridgehead atoms. The van der Waals surface area contributed by atoms with Crippen molar-refractivity contribution in [1.82, 2.24) is 4.90 Å². The van der Waals surface area contributed by atoms with Crippen LogP contribution in [0.3, 0.4) is 0 Å². The molecule has 2 aromatic rings. The number of nitrogens with zero attached hydrogens (tertiary/aromatic N) is 1. The number of hydrogen-bond acceptors (Lipinski definition) is 3. The molecule has 19 heavy (non-hydrogen) atoms. The van der Waals surface area contributed by atoms with E-state index in [1.807, 2.05) is 18.2 Å². The van der Waals surface area contributed by atoms with Gasteiger partial charge in [0.2, 0.25) is 0 Å². The molecular formula is C15H17NO3. The zero-order chi connectivity index (χ0) is 13.4. The number of rotatable bonds is 5. The molecule has 3 rings (SSSR count). The second-order valence-electron chi connectivity index (χ2n) is 5.00. The van der Waals surface area contributed by atoms with Gasteiger partial charge in [0.05, 0.1) is 6.54 Å². The number of carboxylic acid groups (broad SMARTS) is 1. The van der Waals surface area contributed by atoms with Crippen LogP contribution in [0.4, 0.5) is 0 Å². The standard InChI is InChI=1S/C15H17NO3/c1-2-16(10-7-8-10)9-13-14(15(17)18)11-5-3-4-6-12(11)19-13/h3-6,10H,2,7-9H2,1H3,(H,17,18). The van der Waals surface area contributed by atoms with Crippen molar-refractivity contribution in [2.24, 2.45) is 0 Å². The van der Waals surface area contributed by atoms with Crippen molar-refractivity contribution in [3.8, 4) is 0 Å². The first-order valence-corrected chi connectivity index (χ1v) is 6.68. The van der Waals surface area contributed by atoms with Crippen LogP contribution in [0, 0.1) is 0 Å². The number of carboxylic acids is 1. The maximum Gasteiger partial charge on any atom is 0.339 e. The highest BCUT2D eigenvalue weighted by molar-refractivity contribution is 6.03. The van der Waals surface area contributed by atoms with E-state index in [0.29, 0.717) is 34.9 Å². The number of hydrogen-bond donors (Lipinski definition) is 1. The van der Waals surface area contributed by atoms with Crippen LogP contribution in [0.5, 0.6) is 0 Å². The molecule has 1 heterocycles. The summed E-state index contributed by atoms with van der Waals surface area (Å²) >= 11 is 0. The summed E-state index contributed by atoms with van der Waals surface area (Å²) in [6.45, 7) is 3.60. The lowest BCUT2D eigenvalue weighted by Gasteiger charge is -2.18. The highest BCUT2D eigenvalue weighted by Crippen LogP contribution is 2.31. The number of benzene rings is 1. The van der Waals surface area contributed by atoms with Crippen molar-refractivity contribution in [3.63, 3.8) is 0 Å². The first-order chi connectivity index (χ1) is 9.20. The molecule has 0 radical (unpaired) electrons. The Morgan fingerprint density at radius 3 is 2.79 bits per heavy atom. The molecule has 100 valence electrons. The molecule has 1 N–H and O–H groups in total. The Morgan fingerprint density at radius 2 is 2.16 bits per heavy atom. The highest BCUT2D eigenvalue weighted by atomic mass is 16.4. The van der Waals surface area contributed by atoms with Gasteiger partial charge in [0.1, 0.15) is 16.9 Å². The van der Waals surface area contributed by atoms with Crippen LogP contribution >= 0.6 is 0 Å². The van der Waals surface area contributed by atoms with Crippen molar-refractivity contribution < 1.29 is 14.3 Å². The third-order valence-electron chi connectivity index (χ3n) is 3.70. The molecule has 0 atom stereocenters. The summed E-state index contributed by atoms with van der Waals surface area (Å²) in [7, 11) is 0. The lowest BCUT2D eigenvalue weighted by molar-refractivity contribution is 0.0694. The van der Waals surface area contributed by atoms with E-state index in [1.54, 1.807) is 6.07 Å². The first kappa shape index (κ1) is 12.2. The first-order valence-electron chi connectivity index (χ1n) is 6.68. The van der Waals surface area contributed by atoms with Crippen LogP contribution in [0.15, 0.2) is 28.7 Å². The zero-order valence-electron chi connectivity index (χ0n) is 10.9. The molecule has 1 aromatic heterocycles. The average molecular weight is 259 g/mol. The Labute approximate surface area is 111 Å². The average Bonchev–Trinajstić information content (AvgIpc) is 3.16. The molecule has 0 saturated heterocycles. The summed E-state index contributed by atoms with van der Waals surface area (Å²) in [6, 6.07) is 7.92. The summed E-state index contributed by atoms with van der Waals surface area (Å²) in [5.74, 6) is -0.339. The van der Waals surface area contributed by atoms with E-state index in [-0.39, 0.29) is 0 Å². The van der Waals surface area contributed by atoms with Crippen molar-refractivity contribution in [2.75, 3.05) is 6.54 Å². The van der Waals surface area contributed by atoms with Crippen molar-refractivity contribution >= 4 is 16.9 Å². The predicted molar refractivity (Wildman–Crippen MR) is 72.3 cm³/mol. The molecule has 4 nitrogen and oxygen atoms in total. The normalized spacial score (nSPS) is 15.3. The smallest absolute Gasteiger partial charge is 0.339 e. The lowest BCUT2D eigenvalue weighted by atomic mass is 10.1. The van der Waals surface area contributed by atoms with Crippen LogP contribution < -0.4 is 0 Å². The second-order valence-corrected chi connectivity index (χ2v) is 5.00. The van der Waals surface area contributed by atoms with E-state index in [4.69, 9.17) is 4.42 Å². The van der Waals surface area contributed by atoms with E-state index in [1.165, 1.54) is 12.8 Å². The largest absolute Gasteiger partial charge is 0.478 e. The molecule has 1 aliphatic carbocycles. The van der Waals surface area contributed by atoms with Gasteiger partial charge in [-0.1, -0.05) is 25.1 Å². The van der Waals surface area contributed by atoms with Gasteiger partial charge in [0.15, 0.2) is 0 Å². The van der Waals surface area contributed by atoms with Crippen LogP contribution in [0.1, 0.15) is 35.9 Å². The van der Waals surface area contributed by atoms with Gasteiger partial charge in [0.25, 0.3) is 0 Å². The van der Waals surface area contributed by atoms with Crippen molar-refractivity contribution in [3.05, 3.63) is 35.6 Å². The van der Waals surface area contributed by atoms with Gasteiger partial charge in [-0.3, -0.25) is 4.90 Å². The quantitative estimate of drug-likeness (QED) is 0.896. The molecule has 0 aliphatic heterocycles. The van der Waals surface area contributed by atoms with E-state index in [9.17, 15) is 9.90 Å². The third-order valence-corrected chi connectivity index (χ3v) is 3.70.